The zero-order valence-corrected chi connectivity index (χ0v) is 15.8. The van der Waals surface area contributed by atoms with Crippen molar-refractivity contribution in [2.45, 2.75) is 63.9 Å². The van der Waals surface area contributed by atoms with Gasteiger partial charge in [-0.1, -0.05) is 13.8 Å². The molecule has 1 aliphatic heterocycles. The quantitative estimate of drug-likeness (QED) is 0.818. The molecular weight excluding hydrogens is 324 g/mol. The summed E-state index contributed by atoms with van der Waals surface area (Å²) in [6, 6.07) is 6.79. The molecule has 0 radical (unpaired) electrons. The fraction of sp³-hybridized carbons (Fsp3) is 0.611. The van der Waals surface area contributed by atoms with Crippen LogP contribution in [0.5, 0.6) is 0 Å². The minimum Gasteiger partial charge on any atom is -0.333 e. The van der Waals surface area contributed by atoms with Gasteiger partial charge in [0, 0.05) is 30.7 Å². The minimum atomic E-state index is -3.48. The average molecular weight is 353 g/mol. The van der Waals surface area contributed by atoms with Crippen LogP contribution in [0.3, 0.4) is 0 Å². The highest BCUT2D eigenvalue weighted by atomic mass is 32.2. The van der Waals surface area contributed by atoms with E-state index in [4.69, 9.17) is 0 Å². The summed E-state index contributed by atoms with van der Waals surface area (Å²) >= 11 is 0. The monoisotopic (exact) mass is 352 g/mol. The number of hydrogen-bond donors (Lipinski definition) is 0. The van der Waals surface area contributed by atoms with Gasteiger partial charge < -0.3 is 4.90 Å². The number of carbonyl (C=O) groups excluding carboxylic acids is 1. The third kappa shape index (κ3) is 3.64. The molecular formula is C18H28N2O3S. The van der Waals surface area contributed by atoms with Crippen LogP contribution in [0.2, 0.25) is 0 Å². The summed E-state index contributed by atoms with van der Waals surface area (Å²) < 4.78 is 26.4. The molecule has 2 atom stereocenters. The number of carbonyl (C=O) groups is 1. The molecule has 0 saturated carbocycles. The third-order valence-corrected chi connectivity index (χ3v) is 6.94. The summed E-state index contributed by atoms with van der Waals surface area (Å²) in [5, 5.41) is 0. The number of piperidine rings is 1. The molecule has 6 heteroatoms. The van der Waals surface area contributed by atoms with Crippen LogP contribution in [0.1, 0.15) is 57.3 Å². The highest BCUT2D eigenvalue weighted by molar-refractivity contribution is 7.89. The highest BCUT2D eigenvalue weighted by Gasteiger charge is 2.30. The summed E-state index contributed by atoms with van der Waals surface area (Å²) in [6.45, 7) is 8.65. The molecule has 1 fully saturated rings. The fourth-order valence-corrected chi connectivity index (χ4v) is 4.91. The normalized spacial score (nSPS) is 22.0. The Kier molecular flexibility index (Phi) is 6.04. The average Bonchev–Trinajstić information content (AvgIpc) is 2.55. The van der Waals surface area contributed by atoms with Gasteiger partial charge in [-0.3, -0.25) is 4.79 Å². The second-order valence-electron chi connectivity index (χ2n) is 6.46. The summed E-state index contributed by atoms with van der Waals surface area (Å²) in [5.74, 6) is -0.0125. The maximum absolute atomic E-state index is 12.8. The lowest BCUT2D eigenvalue weighted by atomic mass is 9.96. The topological polar surface area (TPSA) is 57.7 Å². The van der Waals surface area contributed by atoms with Crippen molar-refractivity contribution in [2.75, 3.05) is 13.1 Å². The van der Waals surface area contributed by atoms with Crippen molar-refractivity contribution < 1.29 is 13.2 Å². The number of nitrogens with zero attached hydrogens (tertiary/aromatic N) is 2. The predicted octanol–water partition coefficient (Wildman–Crippen LogP) is 3.12. The predicted molar refractivity (Wildman–Crippen MR) is 95.5 cm³/mol. The summed E-state index contributed by atoms with van der Waals surface area (Å²) in [4.78, 5) is 15.0. The van der Waals surface area contributed by atoms with Gasteiger partial charge >= 0.3 is 0 Å². The van der Waals surface area contributed by atoms with Gasteiger partial charge in [-0.05, 0) is 57.4 Å². The molecule has 1 aromatic carbocycles. The summed E-state index contributed by atoms with van der Waals surface area (Å²) in [7, 11) is -3.48. The van der Waals surface area contributed by atoms with Crippen molar-refractivity contribution in [1.29, 1.82) is 0 Å². The number of likely N-dealkylation sites (tertiary alicyclic amines) is 1. The van der Waals surface area contributed by atoms with Crippen LogP contribution in [-0.4, -0.2) is 48.7 Å². The lowest BCUT2D eigenvalue weighted by Gasteiger charge is -2.39. The Morgan fingerprint density at radius 3 is 2.04 bits per heavy atom. The largest absolute Gasteiger partial charge is 0.333 e. The molecule has 1 saturated heterocycles. The minimum absolute atomic E-state index is 0.0125. The molecule has 0 N–H and O–H groups in total. The van der Waals surface area contributed by atoms with E-state index in [9.17, 15) is 13.2 Å². The Hall–Kier alpha value is -1.40. The Bertz CT molecular complexity index is 656. The van der Waals surface area contributed by atoms with Gasteiger partial charge in [-0.2, -0.15) is 4.31 Å². The van der Waals surface area contributed by atoms with Crippen molar-refractivity contribution in [2.24, 2.45) is 0 Å². The van der Waals surface area contributed by atoms with E-state index in [1.807, 2.05) is 18.7 Å². The Morgan fingerprint density at radius 1 is 1.08 bits per heavy atom. The van der Waals surface area contributed by atoms with E-state index in [-0.39, 0.29) is 22.9 Å². The van der Waals surface area contributed by atoms with Crippen molar-refractivity contribution >= 4 is 15.9 Å². The van der Waals surface area contributed by atoms with E-state index in [2.05, 4.69) is 13.8 Å². The lowest BCUT2D eigenvalue weighted by Crippen LogP contribution is -2.47. The van der Waals surface area contributed by atoms with Gasteiger partial charge in [-0.25, -0.2) is 8.42 Å². The molecule has 5 nitrogen and oxygen atoms in total. The van der Waals surface area contributed by atoms with E-state index in [0.29, 0.717) is 18.7 Å². The van der Waals surface area contributed by atoms with E-state index in [1.165, 1.54) is 4.31 Å². The number of sulfonamides is 1. The first-order valence-electron chi connectivity index (χ1n) is 8.75. The van der Waals surface area contributed by atoms with Crippen molar-refractivity contribution in [3.8, 4) is 0 Å². The molecule has 1 aromatic rings. The number of benzene rings is 1. The van der Waals surface area contributed by atoms with Gasteiger partial charge in [-0.15, -0.1) is 0 Å². The molecule has 0 aliphatic carbocycles. The maximum atomic E-state index is 12.8. The SMILES string of the molecule is CCN(CC)S(=O)(=O)c1ccc(C(=O)N2[C@H](C)CCC[C@@H]2C)cc1. The van der Waals surface area contributed by atoms with Crippen molar-refractivity contribution in [3.05, 3.63) is 29.8 Å². The Morgan fingerprint density at radius 2 is 1.58 bits per heavy atom. The first-order chi connectivity index (χ1) is 11.3. The van der Waals surface area contributed by atoms with Crippen LogP contribution in [0.15, 0.2) is 29.2 Å². The van der Waals surface area contributed by atoms with Gasteiger partial charge in [0.2, 0.25) is 10.0 Å². The standard InChI is InChI=1S/C18H28N2O3S/c1-5-19(6-2)24(22,23)17-12-10-16(11-13-17)18(21)20-14(3)8-7-9-15(20)4/h10-15H,5-9H2,1-4H3/t14-,15+. The van der Waals surface area contributed by atoms with Crippen LogP contribution in [0.25, 0.3) is 0 Å². The summed E-state index contributed by atoms with van der Waals surface area (Å²) in [5.41, 5.74) is 0.550. The molecule has 2 rings (SSSR count). The van der Waals surface area contributed by atoms with Crippen LogP contribution >= 0.6 is 0 Å². The van der Waals surface area contributed by atoms with Crippen LogP contribution in [-0.2, 0) is 10.0 Å². The fourth-order valence-electron chi connectivity index (χ4n) is 3.45. The molecule has 24 heavy (non-hydrogen) atoms. The third-order valence-electron chi connectivity index (χ3n) is 4.87. The Balaban J connectivity index is 2.24. The molecule has 0 aromatic heterocycles. The zero-order valence-electron chi connectivity index (χ0n) is 15.0. The first kappa shape index (κ1) is 18.9. The van der Waals surface area contributed by atoms with E-state index in [1.54, 1.807) is 24.3 Å². The van der Waals surface area contributed by atoms with Gasteiger partial charge in [0.1, 0.15) is 0 Å². The van der Waals surface area contributed by atoms with Crippen LogP contribution in [0.4, 0.5) is 0 Å². The second kappa shape index (κ2) is 7.66. The maximum Gasteiger partial charge on any atom is 0.254 e. The molecule has 0 spiro atoms. The Labute approximate surface area is 145 Å². The first-order valence-corrected chi connectivity index (χ1v) is 10.2. The molecule has 1 amide bonds. The number of rotatable bonds is 5. The van der Waals surface area contributed by atoms with E-state index < -0.39 is 10.0 Å². The molecule has 134 valence electrons. The van der Waals surface area contributed by atoms with Gasteiger partial charge in [0.15, 0.2) is 0 Å². The number of amides is 1. The van der Waals surface area contributed by atoms with Gasteiger partial charge in [0.05, 0.1) is 4.90 Å². The molecule has 0 unspecified atom stereocenters. The number of hydrogen-bond acceptors (Lipinski definition) is 3. The molecule has 0 bridgehead atoms. The van der Waals surface area contributed by atoms with E-state index in [0.717, 1.165) is 19.3 Å². The van der Waals surface area contributed by atoms with Gasteiger partial charge in [0.25, 0.3) is 5.91 Å². The molecule has 1 aliphatic rings. The van der Waals surface area contributed by atoms with Crippen LogP contribution < -0.4 is 0 Å². The second-order valence-corrected chi connectivity index (χ2v) is 8.39. The summed E-state index contributed by atoms with van der Waals surface area (Å²) in [6.07, 6.45) is 3.18. The van der Waals surface area contributed by atoms with E-state index >= 15 is 0 Å². The zero-order chi connectivity index (χ0) is 17.9. The van der Waals surface area contributed by atoms with Crippen LogP contribution in [0, 0.1) is 0 Å². The van der Waals surface area contributed by atoms with Crippen molar-refractivity contribution in [1.82, 2.24) is 9.21 Å². The molecule has 1 heterocycles. The highest BCUT2D eigenvalue weighted by Crippen LogP contribution is 2.25. The lowest BCUT2D eigenvalue weighted by molar-refractivity contribution is 0.0510. The van der Waals surface area contributed by atoms with Crippen molar-refractivity contribution in [3.63, 3.8) is 0 Å². The smallest absolute Gasteiger partial charge is 0.254 e.